The Hall–Kier alpha value is -2.58. The van der Waals surface area contributed by atoms with E-state index < -0.39 is 41.4 Å². The van der Waals surface area contributed by atoms with Gasteiger partial charge in [-0.25, -0.2) is 19.2 Å². The van der Waals surface area contributed by atoms with E-state index in [1.165, 1.54) is 6.08 Å². The standard InChI is InChI=1S/C19H31NO8/c1-9-26-14(21)12-10-11-13(15(22)25-8)20(16(23)27-18(2,3)4)17(24)28-19(5,6)7/h10,12-13H,9,11H2,1-8H3/b12-10+/t13-/m0/s1. The highest BCUT2D eigenvalue weighted by Gasteiger charge is 2.40. The molecular weight excluding hydrogens is 370 g/mol. The minimum atomic E-state index is -1.39. The summed E-state index contributed by atoms with van der Waals surface area (Å²) in [4.78, 5) is 49.5. The zero-order chi connectivity index (χ0) is 22.1. The number of methoxy groups -OCH3 is 1. The van der Waals surface area contributed by atoms with Crippen molar-refractivity contribution in [3.8, 4) is 0 Å². The van der Waals surface area contributed by atoms with Gasteiger partial charge in [-0.15, -0.1) is 0 Å². The Morgan fingerprint density at radius 2 is 1.39 bits per heavy atom. The average Bonchev–Trinajstić information content (AvgIpc) is 2.49. The van der Waals surface area contributed by atoms with E-state index in [1.807, 2.05) is 0 Å². The third kappa shape index (κ3) is 9.94. The van der Waals surface area contributed by atoms with Gasteiger partial charge in [0.1, 0.15) is 17.2 Å². The first kappa shape index (κ1) is 25.4. The Kier molecular flexibility index (Phi) is 9.69. The SMILES string of the molecule is CCOC(=O)/C=C/C[C@@H](C(=O)OC)N(C(=O)OC(C)(C)C)C(=O)OC(C)(C)C. The van der Waals surface area contributed by atoms with Crippen molar-refractivity contribution in [2.24, 2.45) is 0 Å². The molecule has 0 radical (unpaired) electrons. The number of carbonyl (C=O) groups excluding carboxylic acids is 4. The van der Waals surface area contributed by atoms with Gasteiger partial charge in [-0.3, -0.25) is 0 Å². The summed E-state index contributed by atoms with van der Waals surface area (Å²) in [6.45, 7) is 11.5. The van der Waals surface area contributed by atoms with Gasteiger partial charge in [-0.05, 0) is 54.9 Å². The summed E-state index contributed by atoms with van der Waals surface area (Å²) in [5, 5.41) is 0. The molecule has 0 aliphatic heterocycles. The molecule has 0 heterocycles. The van der Waals surface area contributed by atoms with Crippen LogP contribution in [0, 0.1) is 0 Å². The molecule has 0 saturated carbocycles. The van der Waals surface area contributed by atoms with Crippen LogP contribution in [0.4, 0.5) is 9.59 Å². The molecule has 0 aliphatic carbocycles. The molecule has 2 amide bonds. The summed E-state index contributed by atoms with van der Waals surface area (Å²) in [6, 6.07) is -1.39. The summed E-state index contributed by atoms with van der Waals surface area (Å²) < 4.78 is 20.0. The van der Waals surface area contributed by atoms with Crippen molar-refractivity contribution in [1.29, 1.82) is 0 Å². The van der Waals surface area contributed by atoms with Crippen LogP contribution in [0.5, 0.6) is 0 Å². The van der Waals surface area contributed by atoms with Crippen molar-refractivity contribution in [3.05, 3.63) is 12.2 Å². The first-order chi connectivity index (χ1) is 12.7. The Morgan fingerprint density at radius 3 is 1.75 bits per heavy atom. The van der Waals surface area contributed by atoms with E-state index in [0.717, 1.165) is 13.2 Å². The van der Waals surface area contributed by atoms with Gasteiger partial charge in [0.15, 0.2) is 0 Å². The smallest absolute Gasteiger partial charge is 0.420 e. The van der Waals surface area contributed by atoms with Crippen LogP contribution in [0.25, 0.3) is 0 Å². The van der Waals surface area contributed by atoms with Crippen molar-refractivity contribution >= 4 is 24.1 Å². The quantitative estimate of drug-likeness (QED) is 0.379. The van der Waals surface area contributed by atoms with Gasteiger partial charge in [0.2, 0.25) is 0 Å². The van der Waals surface area contributed by atoms with Crippen molar-refractivity contribution in [1.82, 2.24) is 4.90 Å². The van der Waals surface area contributed by atoms with E-state index in [0.29, 0.717) is 4.90 Å². The second-order valence-corrected chi connectivity index (χ2v) is 7.76. The third-order valence-corrected chi connectivity index (χ3v) is 2.87. The highest BCUT2D eigenvalue weighted by atomic mass is 16.6. The van der Waals surface area contributed by atoms with Crippen LogP contribution < -0.4 is 0 Å². The predicted molar refractivity (Wildman–Crippen MR) is 101 cm³/mol. The van der Waals surface area contributed by atoms with Crippen LogP contribution in [0.3, 0.4) is 0 Å². The largest absolute Gasteiger partial charge is 0.467 e. The van der Waals surface area contributed by atoms with Crippen LogP contribution >= 0.6 is 0 Å². The number of ether oxygens (including phenoxy) is 4. The Morgan fingerprint density at radius 1 is 0.929 bits per heavy atom. The fraction of sp³-hybridized carbons (Fsp3) is 0.684. The number of amides is 2. The van der Waals surface area contributed by atoms with E-state index >= 15 is 0 Å². The number of nitrogens with zero attached hydrogens (tertiary/aromatic N) is 1. The van der Waals surface area contributed by atoms with Gasteiger partial charge in [0, 0.05) is 6.08 Å². The summed E-state index contributed by atoms with van der Waals surface area (Å²) >= 11 is 0. The van der Waals surface area contributed by atoms with Gasteiger partial charge < -0.3 is 18.9 Å². The summed E-state index contributed by atoms with van der Waals surface area (Å²) in [5.74, 6) is -1.49. The summed E-state index contributed by atoms with van der Waals surface area (Å²) in [7, 11) is 1.12. The monoisotopic (exact) mass is 401 g/mol. The van der Waals surface area contributed by atoms with Gasteiger partial charge >= 0.3 is 24.1 Å². The molecule has 0 rings (SSSR count). The number of imide groups is 1. The molecule has 0 aliphatic rings. The van der Waals surface area contributed by atoms with Gasteiger partial charge in [-0.2, -0.15) is 4.90 Å². The van der Waals surface area contributed by atoms with Gasteiger partial charge in [0.25, 0.3) is 0 Å². The number of hydrogen-bond acceptors (Lipinski definition) is 8. The first-order valence-corrected chi connectivity index (χ1v) is 8.88. The lowest BCUT2D eigenvalue weighted by Gasteiger charge is -2.31. The van der Waals surface area contributed by atoms with Crippen molar-refractivity contribution in [2.75, 3.05) is 13.7 Å². The predicted octanol–water partition coefficient (Wildman–Crippen LogP) is 3.21. The Balaban J connectivity index is 5.81. The zero-order valence-corrected chi connectivity index (χ0v) is 17.9. The highest BCUT2D eigenvalue weighted by Crippen LogP contribution is 2.19. The molecule has 0 aromatic heterocycles. The molecular formula is C19H31NO8. The number of esters is 2. The molecule has 0 unspecified atom stereocenters. The molecule has 0 N–H and O–H groups in total. The van der Waals surface area contributed by atoms with Gasteiger partial charge in [0.05, 0.1) is 13.7 Å². The molecule has 0 saturated heterocycles. The van der Waals surface area contributed by atoms with E-state index in [4.69, 9.17) is 18.9 Å². The fourth-order valence-corrected chi connectivity index (χ4v) is 1.88. The third-order valence-electron chi connectivity index (χ3n) is 2.87. The summed E-state index contributed by atoms with van der Waals surface area (Å²) in [5.41, 5.74) is -1.84. The topological polar surface area (TPSA) is 108 Å². The van der Waals surface area contributed by atoms with Crippen molar-refractivity contribution < 1.29 is 38.1 Å². The van der Waals surface area contributed by atoms with E-state index in [9.17, 15) is 19.2 Å². The number of carbonyl (C=O) groups is 4. The van der Waals surface area contributed by atoms with Crippen LogP contribution in [0.1, 0.15) is 54.9 Å². The molecule has 9 nitrogen and oxygen atoms in total. The Bertz CT molecular complexity index is 570. The average molecular weight is 401 g/mol. The number of rotatable bonds is 6. The van der Waals surface area contributed by atoms with Gasteiger partial charge in [-0.1, -0.05) is 6.08 Å². The molecule has 9 heteroatoms. The second-order valence-electron chi connectivity index (χ2n) is 7.76. The lowest BCUT2D eigenvalue weighted by Crippen LogP contribution is -2.52. The van der Waals surface area contributed by atoms with E-state index in [-0.39, 0.29) is 13.0 Å². The highest BCUT2D eigenvalue weighted by molar-refractivity contribution is 5.94. The lowest BCUT2D eigenvalue weighted by molar-refractivity contribution is -0.146. The fourth-order valence-electron chi connectivity index (χ4n) is 1.88. The Labute approximate surface area is 165 Å². The van der Waals surface area contributed by atoms with Crippen molar-refractivity contribution in [3.63, 3.8) is 0 Å². The molecule has 160 valence electrons. The number of hydrogen-bond donors (Lipinski definition) is 0. The van der Waals surface area contributed by atoms with Crippen LogP contribution in [-0.2, 0) is 28.5 Å². The molecule has 0 fully saturated rings. The normalized spacial score (nSPS) is 12.9. The van der Waals surface area contributed by atoms with Crippen LogP contribution in [0.15, 0.2) is 12.2 Å². The molecule has 0 spiro atoms. The zero-order valence-electron chi connectivity index (χ0n) is 17.9. The van der Waals surface area contributed by atoms with E-state index in [1.54, 1.807) is 48.5 Å². The van der Waals surface area contributed by atoms with Crippen molar-refractivity contribution in [2.45, 2.75) is 72.1 Å². The molecule has 28 heavy (non-hydrogen) atoms. The molecule has 0 aromatic carbocycles. The van der Waals surface area contributed by atoms with Crippen LogP contribution in [-0.4, -0.2) is 60.0 Å². The molecule has 1 atom stereocenters. The first-order valence-electron chi connectivity index (χ1n) is 8.88. The maximum atomic E-state index is 12.6. The minimum absolute atomic E-state index is 0.186. The minimum Gasteiger partial charge on any atom is -0.467 e. The maximum absolute atomic E-state index is 12.6. The second kappa shape index (κ2) is 10.7. The maximum Gasteiger partial charge on any atom is 0.420 e. The summed E-state index contributed by atoms with van der Waals surface area (Å²) in [6.07, 6.45) is 0.0796. The van der Waals surface area contributed by atoms with Crippen LogP contribution in [0.2, 0.25) is 0 Å². The molecule has 0 aromatic rings. The molecule has 0 bridgehead atoms. The lowest BCUT2D eigenvalue weighted by atomic mass is 10.1. The van der Waals surface area contributed by atoms with E-state index in [2.05, 4.69) is 0 Å².